The first-order chi connectivity index (χ1) is 4.42. The number of carbonyl (C=O) groups excluding carboxylic acids is 1. The van der Waals surface area contributed by atoms with Crippen molar-refractivity contribution >= 4 is 17.8 Å². The van der Waals surface area contributed by atoms with Gasteiger partial charge in [0.2, 0.25) is 6.41 Å². The molecule has 0 fully saturated rings. The normalized spacial score (nSPS) is 11.4. The third kappa shape index (κ3) is 0.610. The third-order valence-corrected chi connectivity index (χ3v) is 1.49. The van der Waals surface area contributed by atoms with Crippen LogP contribution in [-0.4, -0.2) is 6.41 Å². The molecule has 2 aliphatic heterocycles. The summed E-state index contributed by atoms with van der Waals surface area (Å²) in [7, 11) is 0. The minimum absolute atomic E-state index is 0. The predicted molar refractivity (Wildman–Crippen MR) is 39.7 cm³/mol. The Balaban J connectivity index is 0.000000500. The molecule has 0 saturated heterocycles. The Bertz CT molecular complexity index is 233. The maximum absolute atomic E-state index is 10.2. The predicted octanol–water partition coefficient (Wildman–Crippen LogP) is 1.46. The number of amides is 1. The van der Waals surface area contributed by atoms with Crippen LogP contribution in [0.2, 0.25) is 0 Å². The smallest absolute Gasteiger partial charge is 0.218 e. The minimum Gasteiger partial charge on any atom is -0.344 e. The van der Waals surface area contributed by atoms with Crippen LogP contribution in [0.5, 0.6) is 0 Å². The topological polar surface area (TPSA) is 55.3 Å². The van der Waals surface area contributed by atoms with Gasteiger partial charge >= 0.3 is 0 Å². The van der Waals surface area contributed by atoms with Crippen molar-refractivity contribution in [3.8, 4) is 0 Å². The molecule has 0 atom stereocenters. The second-order valence-electron chi connectivity index (χ2n) is 2.00. The van der Waals surface area contributed by atoms with Crippen molar-refractivity contribution in [2.75, 3.05) is 4.90 Å². The Kier molecular flexibility index (Phi) is 1.43. The van der Waals surface area contributed by atoms with Gasteiger partial charge in [-0.15, -0.1) is 0 Å². The Morgan fingerprint density at radius 3 is 2.20 bits per heavy atom. The lowest BCUT2D eigenvalue weighted by molar-refractivity contribution is -0.106. The fourth-order valence-electron chi connectivity index (χ4n) is 0.997. The molecule has 0 radical (unpaired) electrons. The molecule has 0 aliphatic carbocycles. The number of carbonyl (C=O) groups is 1. The van der Waals surface area contributed by atoms with E-state index in [9.17, 15) is 4.79 Å². The summed E-state index contributed by atoms with van der Waals surface area (Å²) in [4.78, 5) is 11.8. The summed E-state index contributed by atoms with van der Waals surface area (Å²) in [6, 6.07) is 7.71. The van der Waals surface area contributed by atoms with E-state index in [1.807, 2.05) is 24.3 Å². The van der Waals surface area contributed by atoms with Crippen molar-refractivity contribution in [1.82, 2.24) is 6.15 Å². The zero-order chi connectivity index (χ0) is 6.27. The maximum atomic E-state index is 10.2. The van der Waals surface area contributed by atoms with E-state index in [0.717, 1.165) is 17.8 Å². The molecule has 10 heavy (non-hydrogen) atoms. The van der Waals surface area contributed by atoms with Crippen LogP contribution in [0.15, 0.2) is 24.3 Å². The van der Waals surface area contributed by atoms with Gasteiger partial charge in [0.05, 0.1) is 11.4 Å². The molecule has 3 rings (SSSR count). The molecule has 0 unspecified atom stereocenters. The molecule has 2 aliphatic rings. The van der Waals surface area contributed by atoms with Gasteiger partial charge in [0.25, 0.3) is 0 Å². The standard InChI is InChI=1S/C7H5NO.H3N/c9-5-8-6-2-1-3-7(8)4-6;/h1-5H;1H3. The maximum Gasteiger partial charge on any atom is 0.218 e. The molecule has 3 nitrogen and oxygen atoms in total. The van der Waals surface area contributed by atoms with Gasteiger partial charge < -0.3 is 6.15 Å². The lowest BCUT2D eigenvalue weighted by Gasteiger charge is -2.26. The highest BCUT2D eigenvalue weighted by atomic mass is 16.1. The molecule has 52 valence electrons. The van der Waals surface area contributed by atoms with Crippen LogP contribution in [0.3, 0.4) is 0 Å². The highest BCUT2D eigenvalue weighted by molar-refractivity contribution is 5.94. The minimum atomic E-state index is 0. The first-order valence-electron chi connectivity index (χ1n) is 2.76. The van der Waals surface area contributed by atoms with Crippen LogP contribution in [0.1, 0.15) is 0 Å². The lowest BCUT2D eigenvalue weighted by Crippen LogP contribution is -2.20. The van der Waals surface area contributed by atoms with Crippen LogP contribution in [0.25, 0.3) is 0 Å². The summed E-state index contributed by atoms with van der Waals surface area (Å²) >= 11 is 0. The first-order valence-corrected chi connectivity index (χ1v) is 2.76. The monoisotopic (exact) mass is 136 g/mol. The van der Waals surface area contributed by atoms with E-state index in [0.29, 0.717) is 0 Å². The van der Waals surface area contributed by atoms with Crippen molar-refractivity contribution < 1.29 is 4.79 Å². The number of hydrogen-bond donors (Lipinski definition) is 1. The Morgan fingerprint density at radius 1 is 1.30 bits per heavy atom. The highest BCUT2D eigenvalue weighted by Gasteiger charge is 2.16. The number of anilines is 2. The van der Waals surface area contributed by atoms with E-state index < -0.39 is 0 Å². The van der Waals surface area contributed by atoms with Gasteiger partial charge in [-0.05, 0) is 18.2 Å². The second-order valence-corrected chi connectivity index (χ2v) is 2.00. The Morgan fingerprint density at radius 2 is 1.90 bits per heavy atom. The highest BCUT2D eigenvalue weighted by Crippen LogP contribution is 2.34. The summed E-state index contributed by atoms with van der Waals surface area (Å²) in [5, 5.41) is 0. The summed E-state index contributed by atoms with van der Waals surface area (Å²) < 4.78 is 0. The molecule has 2 bridgehead atoms. The molecule has 1 aromatic rings. The molecule has 1 aromatic carbocycles. The van der Waals surface area contributed by atoms with Crippen LogP contribution < -0.4 is 11.1 Å². The van der Waals surface area contributed by atoms with Crippen molar-refractivity contribution in [3.63, 3.8) is 0 Å². The summed E-state index contributed by atoms with van der Waals surface area (Å²) in [6.07, 6.45) is 0.824. The molecule has 3 N–H and O–H groups in total. The molecule has 3 heteroatoms. The van der Waals surface area contributed by atoms with Crippen LogP contribution in [0.4, 0.5) is 11.4 Å². The van der Waals surface area contributed by atoms with E-state index in [2.05, 4.69) is 0 Å². The van der Waals surface area contributed by atoms with Crippen molar-refractivity contribution in [2.45, 2.75) is 0 Å². The number of hydrogen-bond acceptors (Lipinski definition) is 2. The average molecular weight is 136 g/mol. The van der Waals surface area contributed by atoms with E-state index in [-0.39, 0.29) is 6.15 Å². The molecule has 0 spiro atoms. The molecule has 2 heterocycles. The molecule has 0 saturated carbocycles. The van der Waals surface area contributed by atoms with Crippen LogP contribution >= 0.6 is 0 Å². The van der Waals surface area contributed by atoms with Gasteiger partial charge in [0, 0.05) is 0 Å². The van der Waals surface area contributed by atoms with Crippen LogP contribution in [0, 0.1) is 0 Å². The fourth-order valence-corrected chi connectivity index (χ4v) is 0.997. The van der Waals surface area contributed by atoms with Gasteiger partial charge in [-0.2, -0.15) is 0 Å². The van der Waals surface area contributed by atoms with Gasteiger partial charge in [0.1, 0.15) is 0 Å². The van der Waals surface area contributed by atoms with E-state index >= 15 is 0 Å². The molecule has 1 amide bonds. The van der Waals surface area contributed by atoms with Crippen LogP contribution in [-0.2, 0) is 4.79 Å². The summed E-state index contributed by atoms with van der Waals surface area (Å²) in [5.41, 5.74) is 1.98. The largest absolute Gasteiger partial charge is 0.344 e. The summed E-state index contributed by atoms with van der Waals surface area (Å²) in [5.74, 6) is 0. The van der Waals surface area contributed by atoms with Crippen molar-refractivity contribution in [3.05, 3.63) is 24.3 Å². The number of rotatable bonds is 1. The molecular formula is C7H8N2O. The van der Waals surface area contributed by atoms with E-state index in [4.69, 9.17) is 0 Å². The zero-order valence-electron chi connectivity index (χ0n) is 5.45. The van der Waals surface area contributed by atoms with Gasteiger partial charge in [-0.1, -0.05) is 6.07 Å². The summed E-state index contributed by atoms with van der Waals surface area (Å²) in [6.45, 7) is 0. The number of nitrogens with zero attached hydrogens (tertiary/aromatic N) is 1. The number of fused-ring (bicyclic) bond motifs is 2. The van der Waals surface area contributed by atoms with Crippen molar-refractivity contribution in [1.29, 1.82) is 0 Å². The van der Waals surface area contributed by atoms with E-state index in [1.54, 1.807) is 4.90 Å². The first kappa shape index (κ1) is 6.77. The fraction of sp³-hybridized carbons (Fsp3) is 0. The lowest BCUT2D eigenvalue weighted by atomic mass is 10.1. The van der Waals surface area contributed by atoms with Gasteiger partial charge in [-0.3, -0.25) is 9.69 Å². The Hall–Kier alpha value is -1.35. The van der Waals surface area contributed by atoms with E-state index in [1.165, 1.54) is 0 Å². The Labute approximate surface area is 58.8 Å². The quantitative estimate of drug-likeness (QED) is 0.594. The van der Waals surface area contributed by atoms with Crippen molar-refractivity contribution in [2.24, 2.45) is 0 Å². The molecule has 0 aromatic heterocycles. The third-order valence-electron chi connectivity index (χ3n) is 1.49. The SMILES string of the molecule is N.O=CN1c2cccc1c2. The second kappa shape index (κ2) is 2.11. The molecular weight excluding hydrogens is 128 g/mol. The average Bonchev–Trinajstić information content (AvgIpc) is 1.90. The number of benzene rings is 1. The van der Waals surface area contributed by atoms with Gasteiger partial charge in [-0.25, -0.2) is 0 Å². The zero-order valence-corrected chi connectivity index (χ0v) is 5.45. The van der Waals surface area contributed by atoms with Gasteiger partial charge in [0.15, 0.2) is 0 Å².